The van der Waals surface area contributed by atoms with E-state index in [-0.39, 0.29) is 0 Å². The number of pyridine rings is 1. The maximum absolute atomic E-state index is 4.02. The van der Waals surface area contributed by atoms with E-state index in [0.29, 0.717) is 5.54 Å². The van der Waals surface area contributed by atoms with Crippen LogP contribution in [0.4, 0.5) is 0 Å². The smallest absolute Gasteiger partial charge is 0.0328 e. The zero-order valence-corrected chi connectivity index (χ0v) is 10.2. The highest BCUT2D eigenvalue weighted by atomic mass is 15.2. The van der Waals surface area contributed by atoms with Crippen LogP contribution < -0.4 is 5.32 Å². The van der Waals surface area contributed by atoms with Gasteiger partial charge in [0.05, 0.1) is 0 Å². The first kappa shape index (κ1) is 11.6. The van der Waals surface area contributed by atoms with Gasteiger partial charge < -0.3 is 10.2 Å². The lowest BCUT2D eigenvalue weighted by Crippen LogP contribution is -2.56. The Kier molecular flexibility index (Phi) is 3.56. The van der Waals surface area contributed by atoms with Crippen molar-refractivity contribution in [1.29, 1.82) is 0 Å². The predicted octanol–water partition coefficient (Wildman–Crippen LogP) is 1.66. The molecular weight excluding hydrogens is 198 g/mol. The van der Waals surface area contributed by atoms with Gasteiger partial charge in [-0.1, -0.05) is 0 Å². The second-order valence-corrected chi connectivity index (χ2v) is 4.93. The van der Waals surface area contributed by atoms with Crippen molar-refractivity contribution in [3.63, 3.8) is 0 Å². The van der Waals surface area contributed by atoms with Gasteiger partial charge in [-0.2, -0.15) is 0 Å². The Bertz CT molecular complexity index is 317. The Hall–Kier alpha value is -0.930. The Morgan fingerprint density at radius 3 is 2.50 bits per heavy atom. The van der Waals surface area contributed by atoms with Crippen LogP contribution in [0.2, 0.25) is 0 Å². The summed E-state index contributed by atoms with van der Waals surface area (Å²) < 4.78 is 0. The van der Waals surface area contributed by atoms with E-state index in [1.165, 1.54) is 24.8 Å². The molecule has 3 nitrogen and oxygen atoms in total. The van der Waals surface area contributed by atoms with Crippen molar-refractivity contribution in [2.75, 3.05) is 20.6 Å². The molecule has 0 saturated heterocycles. The topological polar surface area (TPSA) is 28.2 Å². The van der Waals surface area contributed by atoms with Gasteiger partial charge in [-0.25, -0.2) is 0 Å². The number of hydrogen-bond acceptors (Lipinski definition) is 3. The Labute approximate surface area is 97.9 Å². The molecule has 0 bridgehead atoms. The average Bonchev–Trinajstić information content (AvgIpc) is 2.23. The van der Waals surface area contributed by atoms with Crippen LogP contribution in [0.3, 0.4) is 0 Å². The zero-order valence-electron chi connectivity index (χ0n) is 10.2. The number of nitrogens with one attached hydrogen (secondary N) is 1. The van der Waals surface area contributed by atoms with Gasteiger partial charge in [0.2, 0.25) is 0 Å². The minimum absolute atomic E-state index is 0.410. The minimum atomic E-state index is 0.410. The Balaban J connectivity index is 1.79. The van der Waals surface area contributed by atoms with Crippen LogP contribution in [0.1, 0.15) is 24.8 Å². The van der Waals surface area contributed by atoms with Gasteiger partial charge in [-0.3, -0.25) is 4.98 Å². The first-order valence-electron chi connectivity index (χ1n) is 6.00. The second kappa shape index (κ2) is 4.93. The number of likely N-dealkylation sites (N-methyl/N-ethyl adjacent to an activating group) is 1. The van der Waals surface area contributed by atoms with E-state index in [1.807, 2.05) is 12.4 Å². The van der Waals surface area contributed by atoms with Crippen LogP contribution in [0.15, 0.2) is 24.5 Å². The third kappa shape index (κ3) is 2.42. The summed E-state index contributed by atoms with van der Waals surface area (Å²) >= 11 is 0. The van der Waals surface area contributed by atoms with Gasteiger partial charge in [0.25, 0.3) is 0 Å². The summed E-state index contributed by atoms with van der Waals surface area (Å²) in [4.78, 5) is 6.39. The molecule has 1 aromatic heterocycles. The number of hydrogen-bond donors (Lipinski definition) is 1. The third-order valence-electron chi connectivity index (χ3n) is 3.77. The normalized spacial score (nSPS) is 18.4. The molecule has 1 saturated carbocycles. The van der Waals surface area contributed by atoms with Crippen LogP contribution in [-0.2, 0) is 6.54 Å². The molecular formula is C13H21N3. The maximum Gasteiger partial charge on any atom is 0.0328 e. The van der Waals surface area contributed by atoms with Gasteiger partial charge in [0.15, 0.2) is 0 Å². The molecule has 1 heterocycles. The predicted molar refractivity (Wildman–Crippen MR) is 66.2 cm³/mol. The Morgan fingerprint density at radius 2 is 2.00 bits per heavy atom. The van der Waals surface area contributed by atoms with E-state index >= 15 is 0 Å². The lowest BCUT2D eigenvalue weighted by Gasteiger charge is -2.47. The number of aromatic nitrogens is 1. The van der Waals surface area contributed by atoms with Crippen molar-refractivity contribution in [3.05, 3.63) is 30.1 Å². The molecule has 0 unspecified atom stereocenters. The van der Waals surface area contributed by atoms with Crippen molar-refractivity contribution in [3.8, 4) is 0 Å². The highest BCUT2D eigenvalue weighted by Gasteiger charge is 2.38. The van der Waals surface area contributed by atoms with Gasteiger partial charge >= 0.3 is 0 Å². The molecule has 2 rings (SSSR count). The molecule has 0 atom stereocenters. The van der Waals surface area contributed by atoms with E-state index < -0.39 is 0 Å². The Morgan fingerprint density at radius 1 is 1.31 bits per heavy atom. The standard InChI is InChI=1S/C13H21N3/c1-16(2)13(6-3-7-13)11-15-10-12-4-8-14-9-5-12/h4-5,8-9,15H,3,6-7,10-11H2,1-2H3. The van der Waals surface area contributed by atoms with Crippen molar-refractivity contribution in [2.24, 2.45) is 0 Å². The van der Waals surface area contributed by atoms with E-state index in [0.717, 1.165) is 13.1 Å². The number of rotatable bonds is 5. The van der Waals surface area contributed by atoms with Crippen molar-refractivity contribution in [2.45, 2.75) is 31.3 Å². The lowest BCUT2D eigenvalue weighted by atomic mass is 9.75. The van der Waals surface area contributed by atoms with E-state index in [1.54, 1.807) is 0 Å². The van der Waals surface area contributed by atoms with Crippen LogP contribution >= 0.6 is 0 Å². The molecule has 88 valence electrons. The molecule has 1 aromatic rings. The highest BCUT2D eigenvalue weighted by Crippen LogP contribution is 2.35. The fourth-order valence-corrected chi connectivity index (χ4v) is 2.31. The fraction of sp³-hybridized carbons (Fsp3) is 0.615. The summed E-state index contributed by atoms with van der Waals surface area (Å²) in [6.07, 6.45) is 7.71. The van der Waals surface area contributed by atoms with Gasteiger partial charge in [0, 0.05) is 31.0 Å². The second-order valence-electron chi connectivity index (χ2n) is 4.93. The molecule has 3 heteroatoms. The molecule has 0 aliphatic heterocycles. The van der Waals surface area contributed by atoms with E-state index in [2.05, 4.69) is 41.4 Å². The quantitative estimate of drug-likeness (QED) is 0.816. The molecule has 1 N–H and O–H groups in total. The monoisotopic (exact) mass is 219 g/mol. The maximum atomic E-state index is 4.02. The number of nitrogens with zero attached hydrogens (tertiary/aromatic N) is 2. The first-order valence-corrected chi connectivity index (χ1v) is 6.00. The molecule has 0 aromatic carbocycles. The van der Waals surface area contributed by atoms with Crippen molar-refractivity contribution < 1.29 is 0 Å². The van der Waals surface area contributed by atoms with Crippen molar-refractivity contribution in [1.82, 2.24) is 15.2 Å². The van der Waals surface area contributed by atoms with Crippen LogP contribution in [0, 0.1) is 0 Å². The molecule has 0 amide bonds. The first-order chi connectivity index (χ1) is 7.73. The average molecular weight is 219 g/mol. The van der Waals surface area contributed by atoms with E-state index in [4.69, 9.17) is 0 Å². The zero-order chi connectivity index (χ0) is 11.4. The lowest BCUT2D eigenvalue weighted by molar-refractivity contribution is 0.0598. The molecule has 1 aliphatic rings. The minimum Gasteiger partial charge on any atom is -0.311 e. The van der Waals surface area contributed by atoms with Crippen LogP contribution in [-0.4, -0.2) is 36.1 Å². The van der Waals surface area contributed by atoms with Crippen molar-refractivity contribution >= 4 is 0 Å². The molecule has 16 heavy (non-hydrogen) atoms. The van der Waals surface area contributed by atoms with E-state index in [9.17, 15) is 0 Å². The summed E-state index contributed by atoms with van der Waals surface area (Å²) in [5.74, 6) is 0. The summed E-state index contributed by atoms with van der Waals surface area (Å²) in [6.45, 7) is 2.03. The molecule has 0 spiro atoms. The molecule has 1 fully saturated rings. The molecule has 1 aliphatic carbocycles. The van der Waals surface area contributed by atoms with Gasteiger partial charge in [0.1, 0.15) is 0 Å². The third-order valence-corrected chi connectivity index (χ3v) is 3.77. The summed E-state index contributed by atoms with van der Waals surface area (Å²) in [5, 5.41) is 3.56. The summed E-state index contributed by atoms with van der Waals surface area (Å²) in [5.41, 5.74) is 1.72. The van der Waals surface area contributed by atoms with Crippen LogP contribution in [0.25, 0.3) is 0 Å². The SMILES string of the molecule is CN(C)C1(CNCc2ccncc2)CCC1. The summed E-state index contributed by atoms with van der Waals surface area (Å²) in [6, 6.07) is 4.13. The highest BCUT2D eigenvalue weighted by molar-refractivity contribution is 5.09. The largest absolute Gasteiger partial charge is 0.311 e. The van der Waals surface area contributed by atoms with Crippen LogP contribution in [0.5, 0.6) is 0 Å². The fourth-order valence-electron chi connectivity index (χ4n) is 2.31. The van der Waals surface area contributed by atoms with Gasteiger partial charge in [-0.05, 0) is 51.1 Å². The van der Waals surface area contributed by atoms with Gasteiger partial charge in [-0.15, -0.1) is 0 Å². The molecule has 0 radical (unpaired) electrons. The summed E-state index contributed by atoms with van der Waals surface area (Å²) in [7, 11) is 4.38.